The number of ether oxygens (including phenoxy) is 3. The molecule has 3 aromatic carbocycles. The van der Waals surface area contributed by atoms with E-state index in [2.05, 4.69) is 35.2 Å². The summed E-state index contributed by atoms with van der Waals surface area (Å²) in [6.45, 7) is 3.65. The normalized spacial score (nSPS) is 12.4. The monoisotopic (exact) mass is 555 g/mol. The number of benzene rings is 3. The van der Waals surface area contributed by atoms with Crippen LogP contribution in [0, 0.1) is 6.92 Å². The molecule has 1 aliphatic rings. The standard InChI is InChI=1S/C34H37NO6/c1-24-32(39-2)20-29(21-33(24)40-3)34(38)41-19-18-35(17-16-28-14-13-27-6-4-5-7-31(27)28)22-26-10-8-25(9-11-26)12-15-30(37)23-36/h4-12,14-15,20-21,36H,13,16-19,22-23H2,1-3H3/b15-12+. The number of nitrogens with zero attached hydrogens (tertiary/aromatic N) is 1. The summed E-state index contributed by atoms with van der Waals surface area (Å²) in [7, 11) is 3.12. The number of aliphatic hydroxyl groups is 1. The Balaban J connectivity index is 1.42. The minimum atomic E-state index is -0.500. The third-order valence-electron chi connectivity index (χ3n) is 7.26. The number of aliphatic hydroxyl groups excluding tert-OH is 1. The van der Waals surface area contributed by atoms with Gasteiger partial charge in [-0.15, -0.1) is 0 Å². The highest BCUT2D eigenvalue weighted by Crippen LogP contribution is 2.31. The van der Waals surface area contributed by atoms with Crippen LogP contribution in [0.15, 0.2) is 72.8 Å². The van der Waals surface area contributed by atoms with Gasteiger partial charge in [0.15, 0.2) is 5.78 Å². The van der Waals surface area contributed by atoms with Gasteiger partial charge in [-0.2, -0.15) is 0 Å². The second-order valence-electron chi connectivity index (χ2n) is 9.96. The molecule has 214 valence electrons. The summed E-state index contributed by atoms with van der Waals surface area (Å²) >= 11 is 0. The number of rotatable bonds is 14. The van der Waals surface area contributed by atoms with E-state index < -0.39 is 12.6 Å². The summed E-state index contributed by atoms with van der Waals surface area (Å²) in [4.78, 5) is 26.6. The Morgan fingerprint density at radius 2 is 1.68 bits per heavy atom. The number of hydrogen-bond donors (Lipinski definition) is 1. The molecule has 0 spiro atoms. The van der Waals surface area contributed by atoms with Crippen LogP contribution in [-0.4, -0.2) is 62.3 Å². The summed E-state index contributed by atoms with van der Waals surface area (Å²) < 4.78 is 16.5. The van der Waals surface area contributed by atoms with Crippen LogP contribution in [0.25, 0.3) is 11.6 Å². The number of fused-ring (bicyclic) bond motifs is 1. The van der Waals surface area contributed by atoms with Crippen molar-refractivity contribution in [2.75, 3.05) is 40.5 Å². The maximum atomic E-state index is 12.9. The summed E-state index contributed by atoms with van der Waals surface area (Å²) in [6.07, 6.45) is 7.22. The zero-order valence-electron chi connectivity index (χ0n) is 23.9. The van der Waals surface area contributed by atoms with E-state index in [0.29, 0.717) is 30.2 Å². The lowest BCUT2D eigenvalue weighted by Crippen LogP contribution is -2.29. The maximum absolute atomic E-state index is 12.9. The van der Waals surface area contributed by atoms with Crippen molar-refractivity contribution in [3.8, 4) is 11.5 Å². The highest BCUT2D eigenvalue weighted by molar-refractivity contribution is 5.94. The first-order chi connectivity index (χ1) is 19.9. The van der Waals surface area contributed by atoms with E-state index in [1.165, 1.54) is 22.8 Å². The Morgan fingerprint density at radius 3 is 2.37 bits per heavy atom. The fourth-order valence-corrected chi connectivity index (χ4v) is 4.93. The first-order valence-corrected chi connectivity index (χ1v) is 13.7. The summed E-state index contributed by atoms with van der Waals surface area (Å²) in [5.41, 5.74) is 7.21. The molecule has 0 aliphatic heterocycles. The second-order valence-corrected chi connectivity index (χ2v) is 9.96. The largest absolute Gasteiger partial charge is 0.496 e. The molecule has 0 bridgehead atoms. The molecule has 0 aromatic heterocycles. The van der Waals surface area contributed by atoms with Crippen molar-refractivity contribution in [3.63, 3.8) is 0 Å². The number of methoxy groups -OCH3 is 2. The zero-order valence-corrected chi connectivity index (χ0v) is 23.9. The smallest absolute Gasteiger partial charge is 0.338 e. The van der Waals surface area contributed by atoms with Gasteiger partial charge in [-0.1, -0.05) is 60.7 Å². The van der Waals surface area contributed by atoms with Gasteiger partial charge in [0, 0.05) is 25.2 Å². The zero-order chi connectivity index (χ0) is 29.2. The van der Waals surface area contributed by atoms with Gasteiger partial charge >= 0.3 is 5.97 Å². The molecule has 3 aromatic rings. The van der Waals surface area contributed by atoms with Crippen LogP contribution in [0.1, 0.15) is 44.6 Å². The lowest BCUT2D eigenvalue weighted by atomic mass is 10.0. The molecule has 1 aliphatic carbocycles. The molecule has 0 radical (unpaired) electrons. The van der Waals surface area contributed by atoms with Crippen molar-refractivity contribution < 1.29 is 28.9 Å². The number of esters is 1. The molecule has 7 nitrogen and oxygen atoms in total. The Labute approximate surface area is 241 Å². The first kappa shape index (κ1) is 29.8. The lowest BCUT2D eigenvalue weighted by Gasteiger charge is -2.23. The summed E-state index contributed by atoms with van der Waals surface area (Å²) in [6, 6.07) is 19.8. The second kappa shape index (κ2) is 14.4. The fourth-order valence-electron chi connectivity index (χ4n) is 4.93. The SMILES string of the molecule is COc1cc(C(=O)OCCN(CCC2=CCc3ccccc32)Cc2ccc(/C=C/C(=O)CO)cc2)cc(OC)c1C. The lowest BCUT2D eigenvalue weighted by molar-refractivity contribution is -0.117. The van der Waals surface area contributed by atoms with Crippen molar-refractivity contribution in [1.29, 1.82) is 0 Å². The average Bonchev–Trinajstić information content (AvgIpc) is 3.42. The van der Waals surface area contributed by atoms with Crippen molar-refractivity contribution in [2.24, 2.45) is 0 Å². The predicted molar refractivity (Wildman–Crippen MR) is 160 cm³/mol. The van der Waals surface area contributed by atoms with Gasteiger partial charge in [-0.25, -0.2) is 4.79 Å². The summed E-state index contributed by atoms with van der Waals surface area (Å²) in [5.74, 6) is 0.381. The van der Waals surface area contributed by atoms with E-state index in [1.807, 2.05) is 31.2 Å². The van der Waals surface area contributed by atoms with Crippen LogP contribution in [0.4, 0.5) is 0 Å². The van der Waals surface area contributed by atoms with E-state index in [0.717, 1.165) is 36.1 Å². The van der Waals surface area contributed by atoms with Crippen LogP contribution >= 0.6 is 0 Å². The Kier molecular flexibility index (Phi) is 10.5. The predicted octanol–water partition coefficient (Wildman–Crippen LogP) is 5.28. The quantitative estimate of drug-likeness (QED) is 0.214. The molecule has 0 saturated heterocycles. The molecule has 0 fully saturated rings. The molecular formula is C34H37NO6. The maximum Gasteiger partial charge on any atom is 0.338 e. The Bertz CT molecular complexity index is 1400. The molecule has 41 heavy (non-hydrogen) atoms. The minimum absolute atomic E-state index is 0.233. The van der Waals surface area contributed by atoms with Crippen molar-refractivity contribution in [2.45, 2.75) is 26.3 Å². The van der Waals surface area contributed by atoms with Crippen molar-refractivity contribution in [1.82, 2.24) is 4.90 Å². The molecule has 7 heteroatoms. The molecular weight excluding hydrogens is 518 g/mol. The van der Waals surface area contributed by atoms with E-state index >= 15 is 0 Å². The highest BCUT2D eigenvalue weighted by atomic mass is 16.5. The van der Waals surface area contributed by atoms with E-state index in [-0.39, 0.29) is 12.4 Å². The van der Waals surface area contributed by atoms with Crippen LogP contribution in [0.2, 0.25) is 0 Å². The fraction of sp³-hybridized carbons (Fsp3) is 0.294. The molecule has 0 atom stereocenters. The Morgan fingerprint density at radius 1 is 0.976 bits per heavy atom. The van der Waals surface area contributed by atoms with Crippen LogP contribution in [0.5, 0.6) is 11.5 Å². The number of carbonyl (C=O) groups is 2. The van der Waals surface area contributed by atoms with Crippen LogP contribution < -0.4 is 9.47 Å². The first-order valence-electron chi connectivity index (χ1n) is 13.7. The van der Waals surface area contributed by atoms with Gasteiger partial charge in [0.25, 0.3) is 0 Å². The minimum Gasteiger partial charge on any atom is -0.496 e. The summed E-state index contributed by atoms with van der Waals surface area (Å²) in [5, 5.41) is 8.91. The van der Waals surface area contributed by atoms with Gasteiger partial charge < -0.3 is 19.3 Å². The average molecular weight is 556 g/mol. The molecule has 4 rings (SSSR count). The van der Waals surface area contributed by atoms with Gasteiger partial charge in [0.2, 0.25) is 0 Å². The van der Waals surface area contributed by atoms with Gasteiger partial charge in [-0.3, -0.25) is 9.69 Å². The van der Waals surface area contributed by atoms with Crippen LogP contribution in [0.3, 0.4) is 0 Å². The molecule has 0 heterocycles. The molecule has 0 saturated carbocycles. The number of carbonyl (C=O) groups excluding carboxylic acids is 2. The van der Waals surface area contributed by atoms with Crippen molar-refractivity contribution >= 4 is 23.4 Å². The number of ketones is 1. The van der Waals surface area contributed by atoms with Gasteiger partial charge in [-0.05, 0) is 65.8 Å². The molecule has 0 unspecified atom stereocenters. The Hall–Kier alpha value is -4.20. The van der Waals surface area contributed by atoms with Gasteiger partial charge in [0.05, 0.1) is 19.8 Å². The third kappa shape index (κ3) is 7.93. The third-order valence-corrected chi connectivity index (χ3v) is 7.26. The van der Waals surface area contributed by atoms with E-state index in [9.17, 15) is 9.59 Å². The molecule has 1 N–H and O–H groups in total. The van der Waals surface area contributed by atoms with Gasteiger partial charge in [0.1, 0.15) is 24.7 Å². The van der Waals surface area contributed by atoms with E-state index in [4.69, 9.17) is 19.3 Å². The van der Waals surface area contributed by atoms with Crippen molar-refractivity contribution in [3.05, 3.63) is 106 Å². The number of hydrogen-bond acceptors (Lipinski definition) is 7. The highest BCUT2D eigenvalue weighted by Gasteiger charge is 2.17. The van der Waals surface area contributed by atoms with Crippen LogP contribution in [-0.2, 0) is 22.5 Å². The number of allylic oxidation sites excluding steroid dienone is 1. The molecule has 0 amide bonds. The van der Waals surface area contributed by atoms with E-state index in [1.54, 1.807) is 32.4 Å². The topological polar surface area (TPSA) is 85.3 Å².